The van der Waals surface area contributed by atoms with Gasteiger partial charge in [-0.3, -0.25) is 0 Å². The van der Waals surface area contributed by atoms with Crippen LogP contribution in [0.25, 0.3) is 0 Å². The van der Waals surface area contributed by atoms with Crippen molar-refractivity contribution < 1.29 is 68.3 Å². The van der Waals surface area contributed by atoms with E-state index >= 15 is 0 Å². The van der Waals surface area contributed by atoms with Gasteiger partial charge in [-0.15, -0.1) is 0 Å². The van der Waals surface area contributed by atoms with Gasteiger partial charge in [0.15, 0.2) is 0 Å². The standard InChI is InChI=1S/C7H12O8.C2H2O6/c1-7(12-3,4-11-2)13-6(10)15-14-5(8)9;3-1(4)7-8-2(5)6/h4H2,1-3H3,(H,8,9);(H,3,4)(H,5,6). The van der Waals surface area contributed by atoms with Crippen LogP contribution in [0, 0.1) is 0 Å². The molecule has 0 aromatic rings. The van der Waals surface area contributed by atoms with Crippen LogP contribution in [-0.2, 0) is 33.8 Å². The van der Waals surface area contributed by atoms with Gasteiger partial charge >= 0.3 is 24.6 Å². The smallest absolute Gasteiger partial charge is 0.447 e. The monoisotopic (exact) mass is 346 g/mol. The Morgan fingerprint density at radius 3 is 1.52 bits per heavy atom. The molecule has 0 bridgehead atoms. The van der Waals surface area contributed by atoms with Gasteiger partial charge in [-0.1, -0.05) is 0 Å². The summed E-state index contributed by atoms with van der Waals surface area (Å²) in [4.78, 5) is 52.8. The Morgan fingerprint density at radius 1 is 0.826 bits per heavy atom. The maximum Gasteiger partial charge on any atom is 0.552 e. The molecule has 0 saturated carbocycles. The highest BCUT2D eigenvalue weighted by atomic mass is 17.3. The van der Waals surface area contributed by atoms with Crippen LogP contribution in [0.5, 0.6) is 0 Å². The van der Waals surface area contributed by atoms with Crippen LogP contribution >= 0.6 is 0 Å². The molecule has 0 aromatic carbocycles. The molecule has 0 fully saturated rings. The van der Waals surface area contributed by atoms with Gasteiger partial charge in [-0.05, 0) is 0 Å². The summed E-state index contributed by atoms with van der Waals surface area (Å²) in [7, 11) is 2.66. The first-order valence-electron chi connectivity index (χ1n) is 5.21. The normalized spacial score (nSPS) is 11.6. The fraction of sp³-hybridized carbons (Fsp3) is 0.556. The highest BCUT2D eigenvalue weighted by molar-refractivity contribution is 5.62. The molecule has 0 aliphatic carbocycles. The minimum absolute atomic E-state index is 0.0499. The highest BCUT2D eigenvalue weighted by Gasteiger charge is 2.30. The summed E-state index contributed by atoms with van der Waals surface area (Å²) >= 11 is 0. The Labute approximate surface area is 127 Å². The van der Waals surface area contributed by atoms with Gasteiger partial charge in [0.2, 0.25) is 5.79 Å². The molecule has 0 radical (unpaired) electrons. The second-order valence-electron chi connectivity index (χ2n) is 3.25. The van der Waals surface area contributed by atoms with Gasteiger partial charge in [-0.25, -0.2) is 29.0 Å². The first kappa shape index (κ1) is 22.3. The number of rotatable bonds is 4. The lowest BCUT2D eigenvalue weighted by Crippen LogP contribution is -2.38. The zero-order chi connectivity index (χ0) is 18.5. The van der Waals surface area contributed by atoms with Gasteiger partial charge in [-0.2, -0.15) is 9.68 Å². The van der Waals surface area contributed by atoms with E-state index in [-0.39, 0.29) is 6.61 Å². The highest BCUT2D eigenvalue weighted by Crippen LogP contribution is 2.12. The zero-order valence-electron chi connectivity index (χ0n) is 12.0. The van der Waals surface area contributed by atoms with E-state index in [1.165, 1.54) is 21.1 Å². The van der Waals surface area contributed by atoms with Crippen LogP contribution < -0.4 is 0 Å². The number of carbonyl (C=O) groups is 4. The van der Waals surface area contributed by atoms with Crippen molar-refractivity contribution in [2.75, 3.05) is 20.8 Å². The van der Waals surface area contributed by atoms with Crippen LogP contribution in [-0.4, -0.2) is 66.6 Å². The Balaban J connectivity index is 0. The molecule has 0 aliphatic heterocycles. The Bertz CT molecular complexity index is 391. The van der Waals surface area contributed by atoms with Crippen molar-refractivity contribution in [2.45, 2.75) is 12.7 Å². The van der Waals surface area contributed by atoms with Crippen LogP contribution in [0.15, 0.2) is 0 Å². The second kappa shape index (κ2) is 11.6. The Morgan fingerprint density at radius 2 is 1.22 bits per heavy atom. The number of carbonyl (C=O) groups excluding carboxylic acids is 1. The zero-order valence-corrected chi connectivity index (χ0v) is 12.0. The van der Waals surface area contributed by atoms with Crippen LogP contribution in [0.2, 0.25) is 0 Å². The molecule has 1 atom stereocenters. The van der Waals surface area contributed by atoms with Gasteiger partial charge in [0, 0.05) is 21.1 Å². The third kappa shape index (κ3) is 15.2. The molecule has 14 nitrogen and oxygen atoms in total. The van der Waals surface area contributed by atoms with Crippen LogP contribution in [0.1, 0.15) is 6.92 Å². The lowest BCUT2D eigenvalue weighted by atomic mass is 10.3. The fourth-order valence-corrected chi connectivity index (χ4v) is 0.726. The molecular weight excluding hydrogens is 332 g/mol. The Kier molecular flexibility index (Phi) is 11.3. The van der Waals surface area contributed by atoms with Gasteiger partial charge in [0.25, 0.3) is 0 Å². The summed E-state index contributed by atoms with van der Waals surface area (Å²) in [5.41, 5.74) is 0. The molecule has 23 heavy (non-hydrogen) atoms. The van der Waals surface area contributed by atoms with Crippen molar-refractivity contribution >= 4 is 24.6 Å². The van der Waals surface area contributed by atoms with E-state index in [2.05, 4.69) is 24.3 Å². The molecule has 0 aliphatic rings. The van der Waals surface area contributed by atoms with Crippen molar-refractivity contribution in [3.05, 3.63) is 0 Å². The molecule has 0 spiro atoms. The molecular formula is C9H14O14. The predicted molar refractivity (Wildman–Crippen MR) is 62.2 cm³/mol. The van der Waals surface area contributed by atoms with E-state index < -0.39 is 30.4 Å². The van der Waals surface area contributed by atoms with Crippen molar-refractivity contribution in [2.24, 2.45) is 0 Å². The third-order valence-corrected chi connectivity index (χ3v) is 1.50. The predicted octanol–water partition coefficient (Wildman–Crippen LogP) is 1.05. The molecule has 3 N–H and O–H groups in total. The molecule has 134 valence electrons. The number of carboxylic acid groups (broad SMARTS) is 3. The SMILES string of the molecule is COCC(C)(OC)OC(=O)OOC(=O)O.O=C(O)OOC(=O)O. The van der Waals surface area contributed by atoms with Gasteiger partial charge < -0.3 is 29.5 Å². The molecule has 1 unspecified atom stereocenters. The maximum atomic E-state index is 10.8. The summed E-state index contributed by atoms with van der Waals surface area (Å²) in [5.74, 6) is -1.37. The van der Waals surface area contributed by atoms with Crippen molar-refractivity contribution in [1.82, 2.24) is 0 Å². The number of hydrogen-bond donors (Lipinski definition) is 3. The molecule has 0 heterocycles. The van der Waals surface area contributed by atoms with Crippen molar-refractivity contribution in [1.29, 1.82) is 0 Å². The lowest BCUT2D eigenvalue weighted by Gasteiger charge is -2.25. The first-order chi connectivity index (χ1) is 10.6. The van der Waals surface area contributed by atoms with E-state index in [1.807, 2.05) is 0 Å². The van der Waals surface area contributed by atoms with E-state index in [0.29, 0.717) is 0 Å². The lowest BCUT2D eigenvalue weighted by molar-refractivity contribution is -0.262. The summed E-state index contributed by atoms with van der Waals surface area (Å²) < 4.78 is 14.1. The van der Waals surface area contributed by atoms with Gasteiger partial charge in [0.05, 0.1) is 0 Å². The van der Waals surface area contributed by atoms with E-state index in [9.17, 15) is 19.2 Å². The summed E-state index contributed by atoms with van der Waals surface area (Å²) in [5, 5.41) is 23.1. The van der Waals surface area contributed by atoms with E-state index in [4.69, 9.17) is 24.8 Å². The molecule has 14 heteroatoms. The largest absolute Gasteiger partial charge is 0.552 e. The fourth-order valence-electron chi connectivity index (χ4n) is 0.726. The van der Waals surface area contributed by atoms with E-state index in [0.717, 1.165) is 0 Å². The Hall–Kier alpha value is -3.00. The molecule has 0 rings (SSSR count). The minimum atomic E-state index is -1.80. The quantitative estimate of drug-likeness (QED) is 0.283. The van der Waals surface area contributed by atoms with Crippen molar-refractivity contribution in [3.63, 3.8) is 0 Å². The van der Waals surface area contributed by atoms with Gasteiger partial charge in [0.1, 0.15) is 6.61 Å². The maximum absolute atomic E-state index is 10.8. The second-order valence-corrected chi connectivity index (χ2v) is 3.25. The number of methoxy groups -OCH3 is 2. The number of ether oxygens (including phenoxy) is 3. The van der Waals surface area contributed by atoms with Crippen LogP contribution in [0.3, 0.4) is 0 Å². The summed E-state index contributed by atoms with van der Waals surface area (Å²) in [6.45, 7) is 1.35. The van der Waals surface area contributed by atoms with Crippen LogP contribution in [0.4, 0.5) is 19.2 Å². The molecule has 0 saturated heterocycles. The summed E-state index contributed by atoms with van der Waals surface area (Å²) in [6.07, 6.45) is -6.71. The third-order valence-electron chi connectivity index (χ3n) is 1.50. The molecule has 0 amide bonds. The van der Waals surface area contributed by atoms with E-state index in [1.54, 1.807) is 0 Å². The average molecular weight is 346 g/mol. The average Bonchev–Trinajstić information content (AvgIpc) is 2.44. The first-order valence-corrected chi connectivity index (χ1v) is 5.21. The number of hydrogen-bond acceptors (Lipinski definition) is 11. The topological polar surface area (TPSA) is 194 Å². The van der Waals surface area contributed by atoms with Crippen molar-refractivity contribution in [3.8, 4) is 0 Å². The summed E-state index contributed by atoms with van der Waals surface area (Å²) in [6, 6.07) is 0. The minimum Gasteiger partial charge on any atom is -0.447 e. The molecule has 0 aromatic heterocycles.